The number of nitrogen functional groups attached to an aromatic ring is 1. The van der Waals surface area contributed by atoms with Gasteiger partial charge in [-0.2, -0.15) is 4.98 Å². The van der Waals surface area contributed by atoms with Crippen molar-refractivity contribution in [2.75, 3.05) is 5.73 Å². The van der Waals surface area contributed by atoms with Gasteiger partial charge >= 0.3 is 0 Å². The van der Waals surface area contributed by atoms with Gasteiger partial charge in [0.15, 0.2) is 5.82 Å². The van der Waals surface area contributed by atoms with Crippen molar-refractivity contribution in [3.63, 3.8) is 0 Å². The molecule has 2 aromatic rings. The Balaban J connectivity index is 2.14. The molecule has 2 rings (SSSR count). The van der Waals surface area contributed by atoms with Crippen molar-refractivity contribution in [2.45, 2.75) is 6.54 Å². The summed E-state index contributed by atoms with van der Waals surface area (Å²) in [6, 6.07) is 0. The first kappa shape index (κ1) is 6.77. The predicted molar refractivity (Wildman–Crippen MR) is 37.8 cm³/mol. The number of hydrogen-bond donors (Lipinski definition) is 1. The minimum atomic E-state index is 0.235. The molecule has 0 radical (unpaired) electrons. The minimum Gasteiger partial charge on any atom is -0.367 e. The van der Waals surface area contributed by atoms with E-state index in [0.717, 1.165) is 0 Å². The van der Waals surface area contributed by atoms with Crippen molar-refractivity contribution in [2.24, 2.45) is 0 Å². The maximum absolute atomic E-state index is 5.30. The van der Waals surface area contributed by atoms with Gasteiger partial charge in [-0.1, -0.05) is 5.16 Å². The van der Waals surface area contributed by atoms with Crippen molar-refractivity contribution in [1.29, 1.82) is 0 Å². The fourth-order valence-corrected chi connectivity index (χ4v) is 0.792. The Labute approximate surface area is 67.2 Å². The van der Waals surface area contributed by atoms with E-state index >= 15 is 0 Å². The van der Waals surface area contributed by atoms with E-state index in [-0.39, 0.29) is 5.95 Å². The Morgan fingerprint density at radius 3 is 3.00 bits per heavy atom. The number of nitrogens with zero attached hydrogens (tertiary/aromatic N) is 5. The Morgan fingerprint density at radius 2 is 2.42 bits per heavy atom. The molecule has 7 nitrogen and oxygen atoms in total. The van der Waals surface area contributed by atoms with E-state index in [9.17, 15) is 0 Å². The summed E-state index contributed by atoms with van der Waals surface area (Å²) in [5.41, 5.74) is 5.30. The van der Waals surface area contributed by atoms with E-state index in [0.29, 0.717) is 12.4 Å². The largest absolute Gasteiger partial charge is 0.367 e. The fraction of sp³-hybridized carbons (Fsp3) is 0.200. The Morgan fingerprint density at radius 1 is 1.50 bits per heavy atom. The van der Waals surface area contributed by atoms with Crippen LogP contribution in [-0.2, 0) is 6.54 Å². The Bertz CT molecular complexity index is 352. The minimum absolute atomic E-state index is 0.235. The summed E-state index contributed by atoms with van der Waals surface area (Å²) in [6.45, 7) is 0.417. The highest BCUT2D eigenvalue weighted by atomic mass is 16.5. The summed E-state index contributed by atoms with van der Waals surface area (Å²) in [5.74, 6) is 0.776. The second kappa shape index (κ2) is 2.61. The van der Waals surface area contributed by atoms with Crippen molar-refractivity contribution in [3.8, 4) is 0 Å². The van der Waals surface area contributed by atoms with Crippen LogP contribution in [0.1, 0.15) is 5.82 Å². The number of hydrogen-bond acceptors (Lipinski definition) is 6. The summed E-state index contributed by atoms with van der Waals surface area (Å²) >= 11 is 0. The molecule has 12 heavy (non-hydrogen) atoms. The molecule has 62 valence electrons. The van der Waals surface area contributed by atoms with E-state index in [1.807, 2.05) is 0 Å². The molecule has 7 heteroatoms. The Hall–Kier alpha value is -1.92. The van der Waals surface area contributed by atoms with Crippen LogP contribution >= 0.6 is 0 Å². The van der Waals surface area contributed by atoms with E-state index in [4.69, 9.17) is 5.73 Å². The van der Waals surface area contributed by atoms with Gasteiger partial charge in [0.05, 0.1) is 0 Å². The van der Waals surface area contributed by atoms with Gasteiger partial charge < -0.3 is 10.3 Å². The van der Waals surface area contributed by atoms with Crippen LogP contribution in [0.4, 0.5) is 5.95 Å². The number of aromatic nitrogens is 5. The van der Waals surface area contributed by atoms with E-state index in [2.05, 4.69) is 24.7 Å². The molecule has 0 fully saturated rings. The van der Waals surface area contributed by atoms with Gasteiger partial charge in [-0.3, -0.25) is 0 Å². The third-order valence-electron chi connectivity index (χ3n) is 1.26. The van der Waals surface area contributed by atoms with Crippen LogP contribution in [-0.4, -0.2) is 24.9 Å². The van der Waals surface area contributed by atoms with Crippen LogP contribution in [0, 0.1) is 0 Å². The number of nitrogens with two attached hydrogens (primary N) is 1. The van der Waals surface area contributed by atoms with Gasteiger partial charge in [0, 0.05) is 0 Å². The topological polar surface area (TPSA) is 95.7 Å². The normalized spacial score (nSPS) is 10.3. The Kier molecular flexibility index (Phi) is 1.47. The van der Waals surface area contributed by atoms with E-state index in [1.165, 1.54) is 17.4 Å². The van der Waals surface area contributed by atoms with Crippen LogP contribution in [0.25, 0.3) is 0 Å². The fourth-order valence-electron chi connectivity index (χ4n) is 0.792. The maximum Gasteiger partial charge on any atom is 0.239 e. The predicted octanol–water partition coefficient (Wildman–Crippen LogP) is -0.708. The molecule has 0 aliphatic heterocycles. The third kappa shape index (κ3) is 1.24. The molecule has 2 N–H and O–H groups in total. The summed E-state index contributed by atoms with van der Waals surface area (Å²) < 4.78 is 6.07. The average molecular weight is 166 g/mol. The zero-order chi connectivity index (χ0) is 8.39. The first-order chi connectivity index (χ1) is 5.84. The molecule has 0 saturated carbocycles. The molecular weight excluding hydrogens is 160 g/mol. The van der Waals surface area contributed by atoms with Gasteiger partial charge in [0.2, 0.25) is 12.3 Å². The van der Waals surface area contributed by atoms with Crippen molar-refractivity contribution in [1.82, 2.24) is 24.9 Å². The molecule has 0 spiro atoms. The third-order valence-corrected chi connectivity index (χ3v) is 1.26. The number of anilines is 1. The highest BCUT2D eigenvalue weighted by molar-refractivity contribution is 5.09. The lowest BCUT2D eigenvalue weighted by atomic mass is 10.6. The molecule has 0 saturated heterocycles. The van der Waals surface area contributed by atoms with Crippen LogP contribution in [0.3, 0.4) is 0 Å². The number of rotatable bonds is 2. The molecule has 0 unspecified atom stereocenters. The summed E-state index contributed by atoms with van der Waals surface area (Å²) in [5, 5.41) is 7.45. The first-order valence-electron chi connectivity index (χ1n) is 3.25. The molecule has 2 heterocycles. The summed E-state index contributed by atoms with van der Waals surface area (Å²) in [6.07, 6.45) is 2.77. The smallest absolute Gasteiger partial charge is 0.239 e. The second-order valence-electron chi connectivity index (χ2n) is 2.15. The van der Waals surface area contributed by atoms with E-state index in [1.54, 1.807) is 0 Å². The lowest BCUT2D eigenvalue weighted by Crippen LogP contribution is -2.02. The van der Waals surface area contributed by atoms with Gasteiger partial charge in [-0.25, -0.2) is 9.67 Å². The van der Waals surface area contributed by atoms with Gasteiger partial charge in [-0.15, -0.1) is 5.10 Å². The summed E-state index contributed by atoms with van der Waals surface area (Å²) in [4.78, 5) is 7.55. The molecule has 0 aliphatic rings. The maximum atomic E-state index is 5.30. The molecule has 2 aromatic heterocycles. The molecule has 0 aromatic carbocycles. The van der Waals surface area contributed by atoms with Crippen LogP contribution in [0.5, 0.6) is 0 Å². The zero-order valence-corrected chi connectivity index (χ0v) is 6.08. The van der Waals surface area contributed by atoms with Crippen molar-refractivity contribution >= 4 is 5.95 Å². The second-order valence-corrected chi connectivity index (χ2v) is 2.15. The van der Waals surface area contributed by atoms with Crippen LogP contribution < -0.4 is 5.73 Å². The first-order valence-corrected chi connectivity index (χ1v) is 3.25. The molecule has 0 atom stereocenters. The molecule has 0 aliphatic carbocycles. The average Bonchev–Trinajstić information content (AvgIpc) is 2.63. The van der Waals surface area contributed by atoms with Crippen LogP contribution in [0.15, 0.2) is 17.2 Å². The highest BCUT2D eigenvalue weighted by Crippen LogP contribution is 1.94. The highest BCUT2D eigenvalue weighted by Gasteiger charge is 2.01. The van der Waals surface area contributed by atoms with Gasteiger partial charge in [-0.05, 0) is 0 Å². The molecular formula is C5H6N6O. The van der Waals surface area contributed by atoms with Crippen molar-refractivity contribution < 1.29 is 4.52 Å². The van der Waals surface area contributed by atoms with Crippen LogP contribution in [0.2, 0.25) is 0 Å². The molecule has 0 bridgehead atoms. The molecule has 0 amide bonds. The SMILES string of the molecule is Nc1ncn(Cc2ncon2)n1. The zero-order valence-electron chi connectivity index (χ0n) is 6.08. The monoisotopic (exact) mass is 166 g/mol. The van der Waals surface area contributed by atoms with Gasteiger partial charge in [0.1, 0.15) is 12.9 Å². The van der Waals surface area contributed by atoms with Gasteiger partial charge in [0.25, 0.3) is 0 Å². The quantitative estimate of drug-likeness (QED) is 0.633. The lowest BCUT2D eigenvalue weighted by molar-refractivity contribution is 0.407. The summed E-state index contributed by atoms with van der Waals surface area (Å²) in [7, 11) is 0. The standard InChI is InChI=1S/C5H6N6O/c6-5-7-2-11(9-5)1-4-8-3-12-10-4/h2-3H,1H2,(H2,6,9). The lowest BCUT2D eigenvalue weighted by Gasteiger charge is -1.91. The van der Waals surface area contributed by atoms with Crippen molar-refractivity contribution in [3.05, 3.63) is 18.5 Å². The van der Waals surface area contributed by atoms with E-state index < -0.39 is 0 Å².